The van der Waals surface area contributed by atoms with Gasteiger partial charge in [-0.15, -0.1) is 5.73 Å². The number of fused-ring (bicyclic) bond motifs is 1. The van der Waals surface area contributed by atoms with E-state index in [-0.39, 0.29) is 0 Å². The van der Waals surface area contributed by atoms with E-state index in [2.05, 4.69) is 16.5 Å². The van der Waals surface area contributed by atoms with Crippen molar-refractivity contribution in [3.8, 4) is 0 Å². The smallest absolute Gasteiger partial charge is 0.0693 e. The molecule has 0 aromatic carbocycles. The third-order valence-corrected chi connectivity index (χ3v) is 1.41. The van der Waals surface area contributed by atoms with E-state index in [0.717, 1.165) is 11.1 Å². The second-order valence-corrected chi connectivity index (χ2v) is 2.06. The Morgan fingerprint density at radius 2 is 2.40 bits per heavy atom. The fraction of sp³-hybridized carbons (Fsp3) is 0. The first-order valence-corrected chi connectivity index (χ1v) is 3.08. The molecule has 0 fully saturated rings. The van der Waals surface area contributed by atoms with Gasteiger partial charge in [0.2, 0.25) is 0 Å². The predicted molar refractivity (Wildman–Crippen MR) is 40.8 cm³/mol. The van der Waals surface area contributed by atoms with E-state index in [1.165, 1.54) is 0 Å². The molecular formula is C9H5N. The predicted octanol–water partition coefficient (Wildman–Crippen LogP) is 1.76. The van der Waals surface area contributed by atoms with Gasteiger partial charge >= 0.3 is 0 Å². The van der Waals surface area contributed by atoms with E-state index in [0.29, 0.717) is 0 Å². The standard InChI is InChI=1S/C9H5N/c1-2-4-9-7-10-6-5-8(9)3-1/h2-4,6-7H. The Labute approximate surface area is 59.1 Å². The summed E-state index contributed by atoms with van der Waals surface area (Å²) >= 11 is 0. The molecule has 2 rings (SSSR count). The highest BCUT2D eigenvalue weighted by Crippen LogP contribution is 2.13. The molecule has 0 saturated heterocycles. The Kier molecular flexibility index (Phi) is 1.05. The van der Waals surface area contributed by atoms with E-state index < -0.39 is 0 Å². The van der Waals surface area contributed by atoms with E-state index in [1.54, 1.807) is 6.20 Å². The molecule has 0 aromatic heterocycles. The number of hydrogen-bond acceptors (Lipinski definition) is 1. The first kappa shape index (κ1) is 5.25. The van der Waals surface area contributed by atoms with Crippen LogP contribution < -0.4 is 0 Å². The van der Waals surface area contributed by atoms with Crippen LogP contribution in [0.2, 0.25) is 0 Å². The maximum Gasteiger partial charge on any atom is 0.0693 e. The summed E-state index contributed by atoms with van der Waals surface area (Å²) in [5.74, 6) is 0. The lowest BCUT2D eigenvalue weighted by Crippen LogP contribution is -1.91. The molecule has 10 heavy (non-hydrogen) atoms. The molecule has 0 spiro atoms. The lowest BCUT2D eigenvalue weighted by molar-refractivity contribution is 1.49. The summed E-state index contributed by atoms with van der Waals surface area (Å²) in [6.45, 7) is 0. The summed E-state index contributed by atoms with van der Waals surface area (Å²) in [4.78, 5) is 3.94. The van der Waals surface area contributed by atoms with Crippen molar-refractivity contribution >= 4 is 6.21 Å². The fourth-order valence-electron chi connectivity index (χ4n) is 0.904. The zero-order valence-corrected chi connectivity index (χ0v) is 5.33. The first-order valence-electron chi connectivity index (χ1n) is 3.08. The topological polar surface area (TPSA) is 12.4 Å². The summed E-state index contributed by atoms with van der Waals surface area (Å²) in [6.07, 6.45) is 9.23. The Morgan fingerprint density at radius 1 is 1.40 bits per heavy atom. The van der Waals surface area contributed by atoms with Crippen LogP contribution in [0, 0.1) is 0 Å². The van der Waals surface area contributed by atoms with Crippen LogP contribution in [0.5, 0.6) is 0 Å². The zero-order chi connectivity index (χ0) is 6.81. The molecule has 0 unspecified atom stereocenters. The lowest BCUT2D eigenvalue weighted by Gasteiger charge is -2.01. The molecule has 0 bridgehead atoms. The van der Waals surface area contributed by atoms with Crippen molar-refractivity contribution in [1.29, 1.82) is 0 Å². The number of rotatable bonds is 0. The van der Waals surface area contributed by atoms with Crippen molar-refractivity contribution in [1.82, 2.24) is 0 Å². The summed E-state index contributed by atoms with van der Waals surface area (Å²) in [7, 11) is 0. The number of nitrogens with zero attached hydrogens (tertiary/aromatic N) is 1. The fourth-order valence-corrected chi connectivity index (χ4v) is 0.904. The molecule has 0 atom stereocenters. The van der Waals surface area contributed by atoms with Gasteiger partial charge in [-0.05, 0) is 18.2 Å². The van der Waals surface area contributed by atoms with Crippen LogP contribution >= 0.6 is 0 Å². The van der Waals surface area contributed by atoms with Gasteiger partial charge in [0.15, 0.2) is 0 Å². The molecule has 46 valence electrons. The second kappa shape index (κ2) is 2.00. The van der Waals surface area contributed by atoms with Gasteiger partial charge in [0.1, 0.15) is 0 Å². The molecule has 1 aliphatic carbocycles. The molecule has 0 radical (unpaired) electrons. The maximum atomic E-state index is 3.94. The van der Waals surface area contributed by atoms with Crippen LogP contribution in [0.4, 0.5) is 0 Å². The number of hydrogen-bond donors (Lipinski definition) is 0. The number of allylic oxidation sites excluding steroid dienone is 4. The molecule has 0 N–H and O–H groups in total. The van der Waals surface area contributed by atoms with Crippen molar-refractivity contribution < 1.29 is 0 Å². The van der Waals surface area contributed by atoms with Gasteiger partial charge in [-0.25, -0.2) is 0 Å². The summed E-state index contributed by atoms with van der Waals surface area (Å²) in [5, 5.41) is 0. The van der Waals surface area contributed by atoms with Crippen LogP contribution in [0.1, 0.15) is 0 Å². The van der Waals surface area contributed by atoms with Gasteiger partial charge in [-0.3, -0.25) is 4.99 Å². The minimum Gasteiger partial charge on any atom is -0.256 e. The van der Waals surface area contributed by atoms with Crippen LogP contribution in [0.3, 0.4) is 0 Å². The SMILES string of the molecule is C1=CC=C2C=NC=C=C2C=1. The highest BCUT2D eigenvalue weighted by atomic mass is 14.7. The third-order valence-electron chi connectivity index (χ3n) is 1.41. The molecule has 0 aromatic rings. The molecule has 0 amide bonds. The van der Waals surface area contributed by atoms with Gasteiger partial charge in [-0.2, -0.15) is 0 Å². The Morgan fingerprint density at radius 3 is 3.30 bits per heavy atom. The minimum atomic E-state index is 1.07. The van der Waals surface area contributed by atoms with E-state index in [4.69, 9.17) is 0 Å². The van der Waals surface area contributed by atoms with Gasteiger partial charge < -0.3 is 0 Å². The molecule has 1 heterocycles. The molecule has 1 heteroatoms. The van der Waals surface area contributed by atoms with Crippen molar-refractivity contribution in [3.63, 3.8) is 0 Å². The number of aliphatic imine (C=N–C) groups is 1. The summed E-state index contributed by atoms with van der Waals surface area (Å²) < 4.78 is 0. The molecule has 1 nitrogen and oxygen atoms in total. The molecule has 2 aliphatic rings. The lowest BCUT2D eigenvalue weighted by atomic mass is 10.0. The molecule has 0 saturated carbocycles. The third kappa shape index (κ3) is 0.708. The van der Waals surface area contributed by atoms with Crippen molar-refractivity contribution in [3.05, 3.63) is 47.0 Å². The summed E-state index contributed by atoms with van der Waals surface area (Å²) in [5.41, 5.74) is 8.16. The van der Waals surface area contributed by atoms with Gasteiger partial charge in [-0.1, -0.05) is 5.73 Å². The van der Waals surface area contributed by atoms with Crippen LogP contribution in [-0.4, -0.2) is 6.21 Å². The van der Waals surface area contributed by atoms with E-state index >= 15 is 0 Å². The van der Waals surface area contributed by atoms with Crippen LogP contribution in [0.15, 0.2) is 52.0 Å². The Balaban J connectivity index is 2.68. The quantitative estimate of drug-likeness (QED) is 0.440. The monoisotopic (exact) mass is 127 g/mol. The minimum absolute atomic E-state index is 1.07. The zero-order valence-electron chi connectivity index (χ0n) is 5.33. The average molecular weight is 127 g/mol. The highest BCUT2D eigenvalue weighted by molar-refractivity contribution is 5.88. The van der Waals surface area contributed by atoms with Crippen LogP contribution in [-0.2, 0) is 0 Å². The van der Waals surface area contributed by atoms with Crippen molar-refractivity contribution in [2.75, 3.05) is 0 Å². The van der Waals surface area contributed by atoms with Gasteiger partial charge in [0.25, 0.3) is 0 Å². The second-order valence-electron chi connectivity index (χ2n) is 2.06. The largest absolute Gasteiger partial charge is 0.256 e. The Bertz CT molecular complexity index is 341. The molecule has 1 aliphatic heterocycles. The van der Waals surface area contributed by atoms with Crippen molar-refractivity contribution in [2.24, 2.45) is 4.99 Å². The first-order chi connectivity index (χ1) is 4.97. The van der Waals surface area contributed by atoms with Crippen LogP contribution in [0.25, 0.3) is 0 Å². The van der Waals surface area contributed by atoms with E-state index in [9.17, 15) is 0 Å². The van der Waals surface area contributed by atoms with E-state index in [1.807, 2.05) is 24.4 Å². The van der Waals surface area contributed by atoms with Crippen molar-refractivity contribution in [2.45, 2.75) is 0 Å². The average Bonchev–Trinajstić information content (AvgIpc) is 2.05. The summed E-state index contributed by atoms with van der Waals surface area (Å²) in [6, 6.07) is 0. The van der Waals surface area contributed by atoms with Gasteiger partial charge in [0.05, 0.1) is 6.20 Å². The normalized spacial score (nSPS) is 18.4. The highest BCUT2D eigenvalue weighted by Gasteiger charge is 2.00. The maximum absolute atomic E-state index is 3.94. The van der Waals surface area contributed by atoms with Gasteiger partial charge in [0, 0.05) is 17.4 Å². The Hall–Kier alpha value is -1.55. The molecular weight excluding hydrogens is 122 g/mol.